The van der Waals surface area contributed by atoms with Crippen LogP contribution in [0.2, 0.25) is 0 Å². The number of ether oxygens (including phenoxy) is 1. The van der Waals surface area contributed by atoms with Crippen LogP contribution in [-0.4, -0.2) is 28.6 Å². The lowest BCUT2D eigenvalue weighted by Crippen LogP contribution is -2.05. The number of rotatable bonds is 6. The molecule has 0 aliphatic heterocycles. The van der Waals surface area contributed by atoms with Crippen LogP contribution < -0.4 is 5.32 Å². The van der Waals surface area contributed by atoms with Gasteiger partial charge in [-0.05, 0) is 25.0 Å². The molecular formula is C15H20N4O. The number of anilines is 1. The van der Waals surface area contributed by atoms with Gasteiger partial charge in [0.1, 0.15) is 5.82 Å². The van der Waals surface area contributed by atoms with Gasteiger partial charge in [0.2, 0.25) is 0 Å². The predicted octanol–water partition coefficient (Wildman–Crippen LogP) is 2.68. The molecule has 2 rings (SSSR count). The number of aromatic nitrogens is 3. The zero-order chi connectivity index (χ0) is 14.4. The van der Waals surface area contributed by atoms with Gasteiger partial charge >= 0.3 is 0 Å². The molecule has 2 aromatic heterocycles. The fourth-order valence-electron chi connectivity index (χ4n) is 2.04. The molecule has 0 radical (unpaired) electrons. The van der Waals surface area contributed by atoms with E-state index in [-0.39, 0.29) is 0 Å². The molecule has 0 aliphatic rings. The lowest BCUT2D eigenvalue weighted by atomic mass is 10.1. The number of pyridine rings is 1. The van der Waals surface area contributed by atoms with Gasteiger partial charge in [-0.25, -0.2) is 9.97 Å². The largest absolute Gasteiger partial charge is 0.378 e. The fourth-order valence-corrected chi connectivity index (χ4v) is 2.04. The van der Waals surface area contributed by atoms with Crippen LogP contribution in [0, 0.1) is 0 Å². The second kappa shape index (κ2) is 6.96. The fraction of sp³-hybridized carbons (Fsp3) is 0.400. The lowest BCUT2D eigenvalue weighted by Gasteiger charge is -2.10. The molecule has 106 valence electrons. The van der Waals surface area contributed by atoms with Crippen molar-refractivity contribution in [3.8, 4) is 11.4 Å². The van der Waals surface area contributed by atoms with Gasteiger partial charge in [0.15, 0.2) is 5.82 Å². The van der Waals surface area contributed by atoms with E-state index in [9.17, 15) is 0 Å². The lowest BCUT2D eigenvalue weighted by molar-refractivity contribution is 0.181. The Hall–Kier alpha value is -2.01. The Morgan fingerprint density at radius 1 is 1.25 bits per heavy atom. The van der Waals surface area contributed by atoms with Crippen molar-refractivity contribution in [2.45, 2.75) is 26.9 Å². The van der Waals surface area contributed by atoms with E-state index in [0.717, 1.165) is 41.4 Å². The smallest absolute Gasteiger partial charge is 0.162 e. The van der Waals surface area contributed by atoms with Crippen LogP contribution in [0.1, 0.15) is 25.1 Å². The normalized spacial score (nSPS) is 10.6. The van der Waals surface area contributed by atoms with E-state index in [4.69, 9.17) is 4.74 Å². The second-order valence-corrected chi connectivity index (χ2v) is 4.42. The summed E-state index contributed by atoms with van der Waals surface area (Å²) in [6, 6.07) is 3.88. The first kappa shape index (κ1) is 14.4. The molecule has 20 heavy (non-hydrogen) atoms. The van der Waals surface area contributed by atoms with Crippen LogP contribution in [0.3, 0.4) is 0 Å². The summed E-state index contributed by atoms with van der Waals surface area (Å²) in [7, 11) is 1.67. The zero-order valence-electron chi connectivity index (χ0n) is 12.2. The van der Waals surface area contributed by atoms with E-state index in [1.165, 1.54) is 0 Å². The maximum atomic E-state index is 5.18. The molecule has 0 atom stereocenters. The van der Waals surface area contributed by atoms with Gasteiger partial charge in [0.25, 0.3) is 0 Å². The van der Waals surface area contributed by atoms with E-state index < -0.39 is 0 Å². The van der Waals surface area contributed by atoms with Gasteiger partial charge in [-0.15, -0.1) is 0 Å². The second-order valence-electron chi connectivity index (χ2n) is 4.42. The van der Waals surface area contributed by atoms with Crippen molar-refractivity contribution < 1.29 is 4.74 Å². The van der Waals surface area contributed by atoms with Crippen LogP contribution in [0.4, 0.5) is 5.82 Å². The molecule has 5 heteroatoms. The molecule has 0 spiro atoms. The Labute approximate surface area is 119 Å². The topological polar surface area (TPSA) is 59.9 Å². The average Bonchev–Trinajstić information content (AvgIpc) is 2.47. The summed E-state index contributed by atoms with van der Waals surface area (Å²) >= 11 is 0. The van der Waals surface area contributed by atoms with Crippen molar-refractivity contribution in [1.82, 2.24) is 15.0 Å². The highest BCUT2D eigenvalue weighted by Gasteiger charge is 2.10. The Morgan fingerprint density at radius 2 is 2.10 bits per heavy atom. The Bertz CT molecular complexity index is 547. The first-order valence-electron chi connectivity index (χ1n) is 6.82. The van der Waals surface area contributed by atoms with E-state index in [1.54, 1.807) is 13.3 Å². The molecule has 0 fully saturated rings. The van der Waals surface area contributed by atoms with Crippen LogP contribution in [0.5, 0.6) is 0 Å². The minimum Gasteiger partial charge on any atom is -0.378 e. The van der Waals surface area contributed by atoms with Crippen LogP contribution in [0.15, 0.2) is 24.5 Å². The number of hydrogen-bond donors (Lipinski definition) is 1. The number of hydrogen-bond acceptors (Lipinski definition) is 5. The van der Waals surface area contributed by atoms with Gasteiger partial charge in [0, 0.05) is 37.7 Å². The SMILES string of the molecule is CCNc1cc(COC)nc(-c2ccncc2CC)n1. The molecule has 2 heterocycles. The summed E-state index contributed by atoms with van der Waals surface area (Å²) < 4.78 is 5.18. The standard InChI is InChI=1S/C15H20N4O/c1-4-11-9-16-7-6-13(11)15-18-12(10-20-3)8-14(19-15)17-5-2/h6-9H,4-5,10H2,1-3H3,(H,17,18,19). The molecule has 1 N–H and O–H groups in total. The van der Waals surface area contributed by atoms with Crippen molar-refractivity contribution in [2.75, 3.05) is 19.0 Å². The molecule has 0 saturated carbocycles. The van der Waals surface area contributed by atoms with Crippen molar-refractivity contribution >= 4 is 5.82 Å². The number of aryl methyl sites for hydroxylation is 1. The van der Waals surface area contributed by atoms with Crippen LogP contribution in [0.25, 0.3) is 11.4 Å². The summed E-state index contributed by atoms with van der Waals surface area (Å²) in [6.07, 6.45) is 4.54. The third kappa shape index (κ3) is 3.30. The monoisotopic (exact) mass is 272 g/mol. The molecule has 0 saturated heterocycles. The van der Waals surface area contributed by atoms with Crippen molar-refractivity contribution in [3.63, 3.8) is 0 Å². The predicted molar refractivity (Wildman–Crippen MR) is 79.5 cm³/mol. The van der Waals surface area contributed by atoms with Crippen molar-refractivity contribution in [3.05, 3.63) is 35.8 Å². The van der Waals surface area contributed by atoms with E-state index >= 15 is 0 Å². The quantitative estimate of drug-likeness (QED) is 0.876. The average molecular weight is 272 g/mol. The first-order valence-corrected chi connectivity index (χ1v) is 6.82. The minimum atomic E-state index is 0.473. The van der Waals surface area contributed by atoms with Gasteiger partial charge < -0.3 is 10.1 Å². The Morgan fingerprint density at radius 3 is 2.80 bits per heavy atom. The number of methoxy groups -OCH3 is 1. The molecule has 0 amide bonds. The molecule has 5 nitrogen and oxygen atoms in total. The van der Waals surface area contributed by atoms with Crippen molar-refractivity contribution in [1.29, 1.82) is 0 Å². The highest BCUT2D eigenvalue weighted by Crippen LogP contribution is 2.22. The molecule has 0 unspecified atom stereocenters. The molecule has 0 bridgehead atoms. The Balaban J connectivity index is 2.48. The van der Waals surface area contributed by atoms with Crippen molar-refractivity contribution in [2.24, 2.45) is 0 Å². The maximum absolute atomic E-state index is 5.18. The van der Waals surface area contributed by atoms with E-state index in [2.05, 4.69) is 27.2 Å². The summed E-state index contributed by atoms with van der Waals surface area (Å²) in [5.41, 5.74) is 3.04. The number of nitrogens with zero attached hydrogens (tertiary/aromatic N) is 3. The van der Waals surface area contributed by atoms with E-state index in [0.29, 0.717) is 6.61 Å². The third-order valence-corrected chi connectivity index (χ3v) is 2.95. The summed E-state index contributed by atoms with van der Waals surface area (Å²) in [5.74, 6) is 1.54. The zero-order valence-corrected chi connectivity index (χ0v) is 12.2. The highest BCUT2D eigenvalue weighted by atomic mass is 16.5. The van der Waals surface area contributed by atoms with Crippen LogP contribution >= 0.6 is 0 Å². The third-order valence-electron chi connectivity index (χ3n) is 2.95. The van der Waals surface area contributed by atoms with Gasteiger partial charge in [-0.3, -0.25) is 4.98 Å². The summed E-state index contributed by atoms with van der Waals surface area (Å²) in [4.78, 5) is 13.3. The summed E-state index contributed by atoms with van der Waals surface area (Å²) in [5, 5.41) is 3.23. The molecule has 2 aromatic rings. The van der Waals surface area contributed by atoms with Gasteiger partial charge in [0.05, 0.1) is 12.3 Å². The summed E-state index contributed by atoms with van der Waals surface area (Å²) in [6.45, 7) is 5.44. The van der Waals surface area contributed by atoms with E-state index in [1.807, 2.05) is 25.3 Å². The number of nitrogens with one attached hydrogen (secondary N) is 1. The molecule has 0 aromatic carbocycles. The highest BCUT2D eigenvalue weighted by molar-refractivity contribution is 5.61. The first-order chi connectivity index (χ1) is 9.78. The maximum Gasteiger partial charge on any atom is 0.162 e. The molecule has 0 aliphatic carbocycles. The van der Waals surface area contributed by atoms with Gasteiger partial charge in [-0.1, -0.05) is 6.92 Å². The molecular weight excluding hydrogens is 252 g/mol. The Kier molecular flexibility index (Phi) is 5.01. The minimum absolute atomic E-state index is 0.473. The van der Waals surface area contributed by atoms with Crippen LogP contribution in [-0.2, 0) is 17.8 Å². The van der Waals surface area contributed by atoms with Gasteiger partial charge in [-0.2, -0.15) is 0 Å².